The summed E-state index contributed by atoms with van der Waals surface area (Å²) >= 11 is 6.16. The van der Waals surface area contributed by atoms with Gasteiger partial charge in [0.15, 0.2) is 0 Å². The zero-order chi connectivity index (χ0) is 22.1. The number of allylic oxidation sites excluding steroid dienone is 4. The van der Waals surface area contributed by atoms with Crippen molar-refractivity contribution in [1.82, 2.24) is 21.3 Å². The third-order valence-corrected chi connectivity index (χ3v) is 8.15. The van der Waals surface area contributed by atoms with Gasteiger partial charge in [-0.3, -0.25) is 10.6 Å². The lowest BCUT2D eigenvalue weighted by atomic mass is 9.76. The van der Waals surface area contributed by atoms with Crippen molar-refractivity contribution >= 4 is 11.6 Å². The van der Waals surface area contributed by atoms with Gasteiger partial charge in [0.05, 0.1) is 17.0 Å². The van der Waals surface area contributed by atoms with Crippen LogP contribution in [-0.4, -0.2) is 31.5 Å². The van der Waals surface area contributed by atoms with E-state index in [0.29, 0.717) is 30.2 Å². The summed E-state index contributed by atoms with van der Waals surface area (Å²) in [5.74, 6) is 0.264. The molecule has 0 bridgehead atoms. The second kappa shape index (κ2) is 9.96. The van der Waals surface area contributed by atoms with Gasteiger partial charge >= 0.3 is 0 Å². The smallest absolute Gasteiger partial charge is 0.114 e. The van der Waals surface area contributed by atoms with E-state index in [4.69, 9.17) is 11.6 Å². The van der Waals surface area contributed by atoms with Gasteiger partial charge in [-0.05, 0) is 87.0 Å². The van der Waals surface area contributed by atoms with E-state index in [1.54, 1.807) is 0 Å². The first-order valence-electron chi connectivity index (χ1n) is 12.4. The molecule has 0 saturated heterocycles. The van der Waals surface area contributed by atoms with Crippen LogP contribution >= 0.6 is 11.6 Å². The first-order valence-corrected chi connectivity index (χ1v) is 12.8. The normalized spacial score (nSPS) is 34.3. The highest BCUT2D eigenvalue weighted by Gasteiger charge is 2.37. The number of rotatable bonds is 4. The molecule has 4 nitrogen and oxygen atoms in total. The van der Waals surface area contributed by atoms with Crippen molar-refractivity contribution in [2.24, 2.45) is 5.92 Å². The molecule has 0 radical (unpaired) electrons. The Morgan fingerprint density at radius 2 is 1.84 bits per heavy atom. The highest BCUT2D eigenvalue weighted by atomic mass is 35.5. The highest BCUT2D eigenvalue weighted by Crippen LogP contribution is 2.42. The molecule has 0 fully saturated rings. The molecule has 0 saturated carbocycles. The fourth-order valence-corrected chi connectivity index (χ4v) is 6.28. The maximum atomic E-state index is 14.7. The summed E-state index contributed by atoms with van der Waals surface area (Å²) in [6.07, 6.45) is 11.5. The van der Waals surface area contributed by atoms with Crippen LogP contribution in [0.15, 0.2) is 45.2 Å². The van der Waals surface area contributed by atoms with Crippen molar-refractivity contribution in [2.45, 2.75) is 89.0 Å². The number of hydrogen-bond donors (Lipinski definition) is 4. The van der Waals surface area contributed by atoms with Crippen LogP contribution in [0, 0.1) is 5.92 Å². The first-order chi connectivity index (χ1) is 15.6. The summed E-state index contributed by atoms with van der Waals surface area (Å²) in [6.45, 7) is 1.90. The first kappa shape index (κ1) is 22.6. The lowest BCUT2D eigenvalue weighted by Gasteiger charge is -2.44. The van der Waals surface area contributed by atoms with Crippen LogP contribution in [0.1, 0.15) is 70.6 Å². The average Bonchev–Trinajstić information content (AvgIpc) is 2.82. The molecule has 0 aromatic rings. The Hall–Kier alpha value is -1.21. The van der Waals surface area contributed by atoms with E-state index in [0.717, 1.165) is 70.0 Å². The van der Waals surface area contributed by atoms with Crippen LogP contribution in [0.5, 0.6) is 0 Å². The quantitative estimate of drug-likeness (QED) is 0.434. The Bertz CT molecular complexity index is 862. The lowest BCUT2D eigenvalue weighted by molar-refractivity contribution is 0.287. The molecular formula is C25H35ClF2N4. The Kier molecular flexibility index (Phi) is 7.03. The van der Waals surface area contributed by atoms with Crippen LogP contribution in [0.4, 0.5) is 8.78 Å². The second-order valence-electron chi connectivity index (χ2n) is 9.92. The topological polar surface area (TPSA) is 48.1 Å². The fraction of sp³-hybridized carbons (Fsp3) is 0.680. The molecule has 2 heterocycles. The van der Waals surface area contributed by atoms with Crippen LogP contribution in [0.3, 0.4) is 0 Å². The number of nitrogens with one attached hydrogen (secondary N) is 4. The minimum atomic E-state index is -0.170. The minimum absolute atomic E-state index is 0.00948. The maximum absolute atomic E-state index is 14.7. The van der Waals surface area contributed by atoms with Gasteiger partial charge in [0, 0.05) is 31.1 Å². The zero-order valence-corrected chi connectivity index (χ0v) is 19.5. The molecule has 0 aromatic heterocycles. The monoisotopic (exact) mass is 464 g/mol. The minimum Gasteiger partial charge on any atom is -0.370 e. The molecule has 176 valence electrons. The third-order valence-electron chi connectivity index (χ3n) is 7.79. The van der Waals surface area contributed by atoms with Crippen molar-refractivity contribution in [1.29, 1.82) is 0 Å². The third kappa shape index (κ3) is 4.84. The molecule has 5 rings (SSSR count). The summed E-state index contributed by atoms with van der Waals surface area (Å²) < 4.78 is 28.5. The van der Waals surface area contributed by atoms with Crippen LogP contribution in [0.2, 0.25) is 0 Å². The van der Waals surface area contributed by atoms with Crippen molar-refractivity contribution < 1.29 is 8.78 Å². The maximum Gasteiger partial charge on any atom is 0.114 e. The van der Waals surface area contributed by atoms with Gasteiger partial charge < -0.3 is 10.6 Å². The second-order valence-corrected chi connectivity index (χ2v) is 10.4. The molecule has 5 aliphatic rings. The largest absolute Gasteiger partial charge is 0.370 e. The standard InChI is InChI=1S/C25H35ClF2N4/c26-20-13-17(8-9-22(20)28)30-25-19-12-15(18-5-1-2-6-21(18)27)7-10-23(19)31-24(32-25)16-4-3-11-29-14-16/h4,15,17,24-25,29-32H,1-3,5-14H2/t15-,17+,24+,25+/m1/s1. The van der Waals surface area contributed by atoms with Crippen molar-refractivity contribution in [3.05, 3.63) is 45.2 Å². The van der Waals surface area contributed by atoms with Gasteiger partial charge in [0.1, 0.15) is 12.0 Å². The molecule has 0 unspecified atom stereocenters. The summed E-state index contributed by atoms with van der Waals surface area (Å²) in [4.78, 5) is 0. The fourth-order valence-electron chi connectivity index (χ4n) is 6.00. The van der Waals surface area contributed by atoms with E-state index in [1.807, 2.05) is 0 Å². The summed E-state index contributed by atoms with van der Waals surface area (Å²) in [7, 11) is 0. The molecule has 0 spiro atoms. The van der Waals surface area contributed by atoms with E-state index in [2.05, 4.69) is 27.3 Å². The van der Waals surface area contributed by atoms with E-state index in [-0.39, 0.29) is 30.0 Å². The van der Waals surface area contributed by atoms with Gasteiger partial charge in [0.25, 0.3) is 0 Å². The van der Waals surface area contributed by atoms with Gasteiger partial charge in [-0.1, -0.05) is 17.7 Å². The zero-order valence-electron chi connectivity index (χ0n) is 18.7. The predicted octanol–water partition coefficient (Wildman–Crippen LogP) is 5.16. The van der Waals surface area contributed by atoms with Crippen LogP contribution < -0.4 is 21.3 Å². The molecule has 4 atom stereocenters. The molecule has 0 aromatic carbocycles. The molecule has 4 N–H and O–H groups in total. The molecular weight excluding hydrogens is 430 g/mol. The van der Waals surface area contributed by atoms with Crippen LogP contribution in [-0.2, 0) is 0 Å². The molecule has 7 heteroatoms. The average molecular weight is 465 g/mol. The highest BCUT2D eigenvalue weighted by molar-refractivity contribution is 6.29. The Morgan fingerprint density at radius 1 is 0.969 bits per heavy atom. The van der Waals surface area contributed by atoms with Gasteiger partial charge in [-0.25, -0.2) is 8.78 Å². The Morgan fingerprint density at radius 3 is 2.62 bits per heavy atom. The number of hydrogen-bond acceptors (Lipinski definition) is 4. The summed E-state index contributed by atoms with van der Waals surface area (Å²) in [6, 6.07) is 0.136. The van der Waals surface area contributed by atoms with E-state index >= 15 is 0 Å². The van der Waals surface area contributed by atoms with Crippen molar-refractivity contribution in [2.75, 3.05) is 13.1 Å². The van der Waals surface area contributed by atoms with Crippen molar-refractivity contribution in [3.8, 4) is 0 Å². The van der Waals surface area contributed by atoms with E-state index < -0.39 is 0 Å². The lowest BCUT2D eigenvalue weighted by Crippen LogP contribution is -2.62. The van der Waals surface area contributed by atoms with E-state index in [1.165, 1.54) is 16.8 Å². The Balaban J connectivity index is 1.38. The summed E-state index contributed by atoms with van der Waals surface area (Å²) in [5.41, 5.74) is 5.02. The van der Waals surface area contributed by atoms with Crippen LogP contribution in [0.25, 0.3) is 0 Å². The number of halogens is 3. The van der Waals surface area contributed by atoms with Gasteiger partial charge in [-0.2, -0.15) is 0 Å². The molecule has 32 heavy (non-hydrogen) atoms. The molecule has 3 aliphatic carbocycles. The van der Waals surface area contributed by atoms with Gasteiger partial charge in [-0.15, -0.1) is 0 Å². The van der Waals surface area contributed by atoms with E-state index in [9.17, 15) is 8.78 Å². The molecule has 2 aliphatic heterocycles. The molecule has 0 amide bonds. The van der Waals surface area contributed by atoms with Crippen molar-refractivity contribution in [3.63, 3.8) is 0 Å². The van der Waals surface area contributed by atoms with Gasteiger partial charge in [0.2, 0.25) is 0 Å². The Labute approximate surface area is 195 Å². The summed E-state index contributed by atoms with van der Waals surface area (Å²) in [5, 5.41) is 15.1. The SMILES string of the molecule is FC1=C(Cl)C[C@@H](N[C@H]2N[C@@H](C3=CCCNC3)NC3=C2C[C@H](C2=C(F)CCCC2)CC3)CC1. The predicted molar refractivity (Wildman–Crippen MR) is 125 cm³/mol.